The molecule has 1 aromatic heterocycles. The summed E-state index contributed by atoms with van der Waals surface area (Å²) in [7, 11) is 0. The molecule has 0 aliphatic rings. The summed E-state index contributed by atoms with van der Waals surface area (Å²) in [5.74, 6) is -0.435. The van der Waals surface area contributed by atoms with E-state index in [1.807, 2.05) is 6.07 Å². The summed E-state index contributed by atoms with van der Waals surface area (Å²) in [5.41, 5.74) is 1.32. The third-order valence-electron chi connectivity index (χ3n) is 2.67. The van der Waals surface area contributed by atoms with Crippen molar-refractivity contribution in [2.75, 3.05) is 6.61 Å². The van der Waals surface area contributed by atoms with Gasteiger partial charge in [-0.25, -0.2) is 9.37 Å². The van der Waals surface area contributed by atoms with Gasteiger partial charge in [0.2, 0.25) is 5.88 Å². The minimum absolute atomic E-state index is 0.214. The Kier molecular flexibility index (Phi) is 4.06. The van der Waals surface area contributed by atoms with Gasteiger partial charge in [-0.3, -0.25) is 4.79 Å². The number of nitriles is 1. The van der Waals surface area contributed by atoms with Gasteiger partial charge in [-0.05, 0) is 37.3 Å². The average Bonchev–Trinajstić information content (AvgIpc) is 2.47. The van der Waals surface area contributed by atoms with E-state index in [-0.39, 0.29) is 24.0 Å². The molecule has 0 bridgehead atoms. The Labute approximate surface area is 115 Å². The van der Waals surface area contributed by atoms with E-state index in [4.69, 9.17) is 10.00 Å². The summed E-state index contributed by atoms with van der Waals surface area (Å²) in [6.45, 7) is 1.56. The van der Waals surface area contributed by atoms with Crippen molar-refractivity contribution in [2.24, 2.45) is 0 Å². The minimum Gasteiger partial charge on any atom is -0.469 e. The first-order valence-electron chi connectivity index (χ1n) is 5.89. The minimum atomic E-state index is -0.401. The molecule has 0 spiro atoms. The third-order valence-corrected chi connectivity index (χ3v) is 2.67. The normalized spacial score (nSPS) is 9.85. The van der Waals surface area contributed by atoms with Gasteiger partial charge in [0.05, 0.1) is 0 Å². The molecule has 0 aliphatic heterocycles. The second kappa shape index (κ2) is 5.93. The van der Waals surface area contributed by atoms with Crippen LogP contribution in [-0.4, -0.2) is 17.4 Å². The zero-order valence-electron chi connectivity index (χ0n) is 10.8. The number of carbonyl (C=O) groups is 1. The Balaban J connectivity index is 2.07. The van der Waals surface area contributed by atoms with Crippen LogP contribution < -0.4 is 4.74 Å². The molecule has 1 aromatic carbocycles. The second-order valence-electron chi connectivity index (χ2n) is 4.15. The molecule has 100 valence electrons. The molecule has 0 aliphatic carbocycles. The van der Waals surface area contributed by atoms with E-state index in [2.05, 4.69) is 4.98 Å². The molecule has 1 heterocycles. The smallest absolute Gasteiger partial charge is 0.217 e. The number of halogens is 1. The SMILES string of the molecule is Cc1ccc(C#N)nc1OCC(=O)c1ccc(F)cc1. The molecule has 2 aromatic rings. The van der Waals surface area contributed by atoms with Crippen molar-refractivity contribution in [3.63, 3.8) is 0 Å². The van der Waals surface area contributed by atoms with Crippen LogP contribution in [0.15, 0.2) is 36.4 Å². The predicted molar refractivity (Wildman–Crippen MR) is 69.9 cm³/mol. The van der Waals surface area contributed by atoms with Gasteiger partial charge in [0.15, 0.2) is 12.4 Å². The Morgan fingerprint density at radius 3 is 2.65 bits per heavy atom. The fraction of sp³-hybridized carbons (Fsp3) is 0.133. The molecule has 5 heteroatoms. The number of hydrogen-bond acceptors (Lipinski definition) is 4. The Bertz CT molecular complexity index is 675. The van der Waals surface area contributed by atoms with Crippen LogP contribution in [0.2, 0.25) is 0 Å². The highest BCUT2D eigenvalue weighted by atomic mass is 19.1. The number of aryl methyl sites for hydroxylation is 1. The number of benzene rings is 1. The number of ketones is 1. The maximum atomic E-state index is 12.8. The molecule has 0 unspecified atom stereocenters. The number of pyridine rings is 1. The summed E-state index contributed by atoms with van der Waals surface area (Å²) in [4.78, 5) is 15.8. The van der Waals surface area contributed by atoms with Crippen molar-refractivity contribution >= 4 is 5.78 Å². The summed E-state index contributed by atoms with van der Waals surface area (Å²) < 4.78 is 18.1. The van der Waals surface area contributed by atoms with E-state index in [9.17, 15) is 9.18 Å². The van der Waals surface area contributed by atoms with Crippen LogP contribution in [0.25, 0.3) is 0 Å². The van der Waals surface area contributed by atoms with Gasteiger partial charge in [0.1, 0.15) is 17.6 Å². The first-order chi connectivity index (χ1) is 9.60. The lowest BCUT2D eigenvalue weighted by molar-refractivity contribution is 0.0917. The predicted octanol–water partition coefficient (Wildman–Crippen LogP) is 2.66. The molecule has 0 atom stereocenters. The fourth-order valence-electron chi connectivity index (χ4n) is 1.57. The molecule has 0 N–H and O–H groups in total. The van der Waals surface area contributed by atoms with Crippen molar-refractivity contribution in [1.82, 2.24) is 4.98 Å². The van der Waals surface area contributed by atoms with Crippen LogP contribution in [0.3, 0.4) is 0 Å². The number of ether oxygens (including phenoxy) is 1. The Hall–Kier alpha value is -2.74. The van der Waals surface area contributed by atoms with Crippen LogP contribution in [0.4, 0.5) is 4.39 Å². The molecule has 0 fully saturated rings. The number of hydrogen-bond donors (Lipinski definition) is 0. The first kappa shape index (κ1) is 13.7. The quantitative estimate of drug-likeness (QED) is 0.801. The van der Waals surface area contributed by atoms with Gasteiger partial charge >= 0.3 is 0 Å². The largest absolute Gasteiger partial charge is 0.469 e. The van der Waals surface area contributed by atoms with E-state index < -0.39 is 5.82 Å². The van der Waals surface area contributed by atoms with E-state index in [1.54, 1.807) is 19.1 Å². The lowest BCUT2D eigenvalue weighted by Gasteiger charge is -2.07. The summed E-state index contributed by atoms with van der Waals surface area (Å²) in [6, 6.07) is 10.4. The van der Waals surface area contributed by atoms with E-state index >= 15 is 0 Å². The average molecular weight is 270 g/mol. The van der Waals surface area contributed by atoms with Crippen LogP contribution in [-0.2, 0) is 0 Å². The van der Waals surface area contributed by atoms with E-state index in [1.165, 1.54) is 24.3 Å². The maximum Gasteiger partial charge on any atom is 0.217 e. The van der Waals surface area contributed by atoms with Gasteiger partial charge in [-0.1, -0.05) is 6.07 Å². The van der Waals surface area contributed by atoms with Crippen molar-refractivity contribution in [3.8, 4) is 11.9 Å². The van der Waals surface area contributed by atoms with Gasteiger partial charge in [-0.15, -0.1) is 0 Å². The highest BCUT2D eigenvalue weighted by Crippen LogP contribution is 2.15. The van der Waals surface area contributed by atoms with Gasteiger partial charge in [0, 0.05) is 11.1 Å². The Morgan fingerprint density at radius 1 is 1.30 bits per heavy atom. The highest BCUT2D eigenvalue weighted by molar-refractivity contribution is 5.97. The standard InChI is InChI=1S/C15H11FN2O2/c1-10-2-7-13(8-17)18-15(10)20-9-14(19)11-3-5-12(16)6-4-11/h2-7H,9H2,1H3. The lowest BCUT2D eigenvalue weighted by atomic mass is 10.1. The number of aromatic nitrogens is 1. The molecule has 4 nitrogen and oxygen atoms in total. The van der Waals surface area contributed by atoms with Crippen LogP contribution in [0.1, 0.15) is 21.6 Å². The summed E-state index contributed by atoms with van der Waals surface area (Å²) >= 11 is 0. The molecular formula is C15H11FN2O2. The van der Waals surface area contributed by atoms with Crippen molar-refractivity contribution in [2.45, 2.75) is 6.92 Å². The number of Topliss-reactive ketones (excluding diaryl/α,β-unsaturated/α-hetero) is 1. The van der Waals surface area contributed by atoms with Crippen molar-refractivity contribution in [1.29, 1.82) is 5.26 Å². The van der Waals surface area contributed by atoms with Crippen molar-refractivity contribution < 1.29 is 13.9 Å². The summed E-state index contributed by atoms with van der Waals surface area (Å²) in [5, 5.41) is 8.76. The molecule has 2 rings (SSSR count). The molecule has 0 radical (unpaired) electrons. The lowest BCUT2D eigenvalue weighted by Crippen LogP contribution is -2.13. The summed E-state index contributed by atoms with van der Waals surface area (Å²) in [6.07, 6.45) is 0. The van der Waals surface area contributed by atoms with Gasteiger partial charge in [0.25, 0.3) is 0 Å². The zero-order valence-corrected chi connectivity index (χ0v) is 10.8. The monoisotopic (exact) mass is 270 g/mol. The van der Waals surface area contributed by atoms with Gasteiger partial charge in [-0.2, -0.15) is 5.26 Å². The maximum absolute atomic E-state index is 12.8. The van der Waals surface area contributed by atoms with Crippen LogP contribution >= 0.6 is 0 Å². The van der Waals surface area contributed by atoms with Crippen LogP contribution in [0.5, 0.6) is 5.88 Å². The topological polar surface area (TPSA) is 63.0 Å². The molecule has 0 saturated heterocycles. The molecule has 0 saturated carbocycles. The number of carbonyl (C=O) groups excluding carboxylic acids is 1. The van der Waals surface area contributed by atoms with E-state index in [0.29, 0.717) is 5.56 Å². The Morgan fingerprint density at radius 2 is 2.00 bits per heavy atom. The third kappa shape index (κ3) is 3.18. The zero-order chi connectivity index (χ0) is 14.5. The van der Waals surface area contributed by atoms with Crippen LogP contribution in [0, 0.1) is 24.1 Å². The van der Waals surface area contributed by atoms with Crippen molar-refractivity contribution in [3.05, 3.63) is 59.0 Å². The number of nitrogens with zero attached hydrogens (tertiary/aromatic N) is 2. The fourth-order valence-corrected chi connectivity index (χ4v) is 1.57. The second-order valence-corrected chi connectivity index (χ2v) is 4.15. The first-order valence-corrected chi connectivity index (χ1v) is 5.89. The molecular weight excluding hydrogens is 259 g/mol. The van der Waals surface area contributed by atoms with E-state index in [0.717, 1.165) is 5.56 Å². The highest BCUT2D eigenvalue weighted by Gasteiger charge is 2.09. The van der Waals surface area contributed by atoms with Gasteiger partial charge < -0.3 is 4.74 Å². The molecule has 0 amide bonds. The number of rotatable bonds is 4. The molecule has 20 heavy (non-hydrogen) atoms.